The van der Waals surface area contributed by atoms with Crippen LogP contribution in [0.3, 0.4) is 0 Å². The Balaban J connectivity index is 1.45. The number of fused-ring (bicyclic) bond motifs is 5. The summed E-state index contributed by atoms with van der Waals surface area (Å²) in [6.07, 6.45) is 4.75. The van der Waals surface area contributed by atoms with Crippen LogP contribution in [0.2, 0.25) is 0 Å². The number of amides is 1. The molecule has 0 bridgehead atoms. The van der Waals surface area contributed by atoms with Gasteiger partial charge in [-0.2, -0.15) is 13.4 Å². The van der Waals surface area contributed by atoms with Crippen LogP contribution in [0.5, 0.6) is 0 Å². The molecule has 0 aliphatic heterocycles. The quantitative estimate of drug-likeness (QED) is 0.206. The Morgan fingerprint density at radius 3 is 2.43 bits per heavy atom. The number of carbonyl (C=O) groups is 1. The van der Waals surface area contributed by atoms with Crippen LogP contribution in [0.25, 0.3) is 0 Å². The summed E-state index contributed by atoms with van der Waals surface area (Å²) in [5.74, 6) is -0.370. The summed E-state index contributed by atoms with van der Waals surface area (Å²) >= 11 is 0. The summed E-state index contributed by atoms with van der Waals surface area (Å²) in [6.45, 7) is 6.01. The Morgan fingerprint density at radius 2 is 1.78 bits per heavy atom. The minimum absolute atomic E-state index is 0.00883. The first-order chi connectivity index (χ1) is 17.2. The van der Waals surface area contributed by atoms with Crippen LogP contribution in [0.1, 0.15) is 78.6 Å². The van der Waals surface area contributed by atoms with Crippen molar-refractivity contribution in [2.75, 3.05) is 12.3 Å². The molecule has 4 aliphatic carbocycles. The monoisotopic (exact) mass is 544 g/mol. The molecule has 212 valence electrons. The third kappa shape index (κ3) is 5.23. The Labute approximate surface area is 219 Å². The summed E-state index contributed by atoms with van der Waals surface area (Å²) in [5, 5.41) is 36.5. The molecule has 37 heavy (non-hydrogen) atoms. The summed E-state index contributed by atoms with van der Waals surface area (Å²) < 4.78 is 30.8. The fraction of sp³-hybridized carbons (Fsp3) is 0.962. The third-order valence-electron chi connectivity index (χ3n) is 11.3. The third-order valence-corrected chi connectivity index (χ3v) is 12.0. The lowest BCUT2D eigenvalue weighted by Crippen LogP contribution is -2.62. The highest BCUT2D eigenvalue weighted by atomic mass is 32.2. The van der Waals surface area contributed by atoms with Crippen molar-refractivity contribution in [3.63, 3.8) is 0 Å². The summed E-state index contributed by atoms with van der Waals surface area (Å²) in [4.78, 5) is 23.6. The molecule has 0 radical (unpaired) electrons. The van der Waals surface area contributed by atoms with E-state index in [-0.39, 0.29) is 53.4 Å². The molecule has 4 N–H and O–H groups in total. The highest BCUT2D eigenvalue weighted by molar-refractivity contribution is 7.85. The molecular formula is C26H44N2O8S. The summed E-state index contributed by atoms with van der Waals surface area (Å²) in [5.41, 5.74) is -0.384. The van der Waals surface area contributed by atoms with Crippen LogP contribution < -0.4 is 0 Å². The van der Waals surface area contributed by atoms with Crippen molar-refractivity contribution in [1.82, 2.24) is 5.01 Å². The first-order valence-electron chi connectivity index (χ1n) is 13.8. The van der Waals surface area contributed by atoms with Gasteiger partial charge in [0.2, 0.25) is 5.91 Å². The van der Waals surface area contributed by atoms with Gasteiger partial charge in [-0.1, -0.05) is 20.8 Å². The Morgan fingerprint density at radius 1 is 1.08 bits per heavy atom. The van der Waals surface area contributed by atoms with Crippen molar-refractivity contribution in [3.8, 4) is 0 Å². The van der Waals surface area contributed by atoms with Gasteiger partial charge >= 0.3 is 0 Å². The molecule has 4 saturated carbocycles. The van der Waals surface area contributed by atoms with E-state index in [1.807, 2.05) is 0 Å². The zero-order valence-electron chi connectivity index (χ0n) is 22.2. The van der Waals surface area contributed by atoms with Gasteiger partial charge in [-0.3, -0.25) is 9.35 Å². The Hall–Kier alpha value is -1.14. The van der Waals surface area contributed by atoms with E-state index >= 15 is 0 Å². The molecule has 11 heteroatoms. The Kier molecular flexibility index (Phi) is 8.15. The molecular weight excluding hydrogens is 500 g/mol. The smallest absolute Gasteiger partial charge is 0.266 e. The van der Waals surface area contributed by atoms with E-state index in [2.05, 4.69) is 26.1 Å². The van der Waals surface area contributed by atoms with Crippen LogP contribution in [-0.2, 0) is 14.9 Å². The minimum atomic E-state index is -4.32. The van der Waals surface area contributed by atoms with Crippen LogP contribution in [0.15, 0.2) is 5.29 Å². The molecule has 4 aliphatic rings. The highest BCUT2D eigenvalue weighted by Crippen LogP contribution is 2.68. The number of aliphatic hydroxyl groups is 3. The standard InChI is InChI=1S/C26H44N2O8S/c1-15(4-7-23(32)28(27-33)10-11-37(34,35)36)18-5-6-19-24-20(14-22(31)26(18,19)3)25(2)9-8-17(29)12-16(25)13-21(24)30/h15-22,24,29-31H,4-14H2,1-3H3,(H,34,35,36)/t15-,16+,17-,18-,19+,20+,21+,22+,24+,25+,26-/m1/s1. The number of carbonyl (C=O) groups excluding carboxylic acids is 1. The van der Waals surface area contributed by atoms with Gasteiger partial charge in [0.15, 0.2) is 0 Å². The zero-order chi connectivity index (χ0) is 27.3. The maximum Gasteiger partial charge on any atom is 0.266 e. The lowest BCUT2D eigenvalue weighted by atomic mass is 9.43. The number of aliphatic hydroxyl groups excluding tert-OH is 3. The van der Waals surface area contributed by atoms with Gasteiger partial charge < -0.3 is 15.3 Å². The SMILES string of the molecule is C[C@H](CCC(=O)N(CCS(=O)(=O)O)N=O)[C@H]1CC[C@H]2[C@@H]3[C@@H](O)C[C@@H]4C[C@H](O)CC[C@]4(C)[C@H]3C[C@H](O)[C@]12C. The molecule has 11 atom stereocenters. The Bertz CT molecular complexity index is 978. The van der Waals surface area contributed by atoms with Crippen molar-refractivity contribution in [1.29, 1.82) is 0 Å². The molecule has 0 unspecified atom stereocenters. The normalized spacial score (nSPS) is 44.3. The number of hydrogen-bond donors (Lipinski definition) is 4. The number of nitroso groups, excluding NO2 is 1. The zero-order valence-corrected chi connectivity index (χ0v) is 23.0. The van der Waals surface area contributed by atoms with Gasteiger partial charge in [0, 0.05) is 6.42 Å². The van der Waals surface area contributed by atoms with Gasteiger partial charge in [0.25, 0.3) is 10.1 Å². The second kappa shape index (κ2) is 10.4. The van der Waals surface area contributed by atoms with Gasteiger partial charge in [-0.05, 0) is 97.7 Å². The van der Waals surface area contributed by atoms with Gasteiger partial charge in [-0.15, -0.1) is 4.91 Å². The lowest BCUT2D eigenvalue weighted by molar-refractivity contribution is -0.207. The number of rotatable bonds is 8. The maximum absolute atomic E-state index is 12.5. The first kappa shape index (κ1) is 28.9. The average Bonchev–Trinajstić information content (AvgIpc) is 3.17. The highest BCUT2D eigenvalue weighted by Gasteiger charge is 2.65. The van der Waals surface area contributed by atoms with Crippen molar-refractivity contribution < 1.29 is 33.1 Å². The molecule has 4 rings (SSSR count). The molecule has 0 aromatic rings. The fourth-order valence-electron chi connectivity index (χ4n) is 9.23. The van der Waals surface area contributed by atoms with E-state index in [0.29, 0.717) is 24.3 Å². The van der Waals surface area contributed by atoms with Crippen molar-refractivity contribution in [3.05, 3.63) is 4.91 Å². The van der Waals surface area contributed by atoms with E-state index in [0.717, 1.165) is 32.1 Å². The lowest BCUT2D eigenvalue weighted by Gasteiger charge is -2.63. The maximum atomic E-state index is 12.5. The van der Waals surface area contributed by atoms with Crippen molar-refractivity contribution in [2.24, 2.45) is 51.6 Å². The predicted molar refractivity (Wildman–Crippen MR) is 136 cm³/mol. The molecule has 10 nitrogen and oxygen atoms in total. The van der Waals surface area contributed by atoms with Crippen LogP contribution in [0.4, 0.5) is 0 Å². The van der Waals surface area contributed by atoms with Crippen LogP contribution in [0, 0.1) is 51.2 Å². The van der Waals surface area contributed by atoms with E-state index in [1.165, 1.54) is 0 Å². The van der Waals surface area contributed by atoms with E-state index in [4.69, 9.17) is 4.55 Å². The molecule has 4 fully saturated rings. The molecule has 0 heterocycles. The summed E-state index contributed by atoms with van der Waals surface area (Å²) in [7, 11) is -4.32. The van der Waals surface area contributed by atoms with Crippen molar-refractivity contribution in [2.45, 2.75) is 96.9 Å². The van der Waals surface area contributed by atoms with Gasteiger partial charge in [0.05, 0.1) is 35.9 Å². The second-order valence-electron chi connectivity index (χ2n) is 12.9. The number of nitrogens with zero attached hydrogens (tertiary/aromatic N) is 2. The molecule has 0 saturated heterocycles. The van der Waals surface area contributed by atoms with Crippen LogP contribution >= 0.6 is 0 Å². The van der Waals surface area contributed by atoms with Crippen LogP contribution in [-0.4, -0.2) is 69.8 Å². The topological polar surface area (TPSA) is 165 Å². The van der Waals surface area contributed by atoms with E-state index < -0.39 is 45.9 Å². The van der Waals surface area contributed by atoms with Crippen molar-refractivity contribution >= 4 is 16.0 Å². The largest absolute Gasteiger partial charge is 0.393 e. The molecule has 0 spiro atoms. The molecule has 1 amide bonds. The predicted octanol–water partition coefficient (Wildman–Crippen LogP) is 2.76. The fourth-order valence-corrected chi connectivity index (χ4v) is 9.63. The summed E-state index contributed by atoms with van der Waals surface area (Å²) in [6, 6.07) is 0. The van der Waals surface area contributed by atoms with E-state index in [1.54, 1.807) is 0 Å². The van der Waals surface area contributed by atoms with Gasteiger partial charge in [-0.25, -0.2) is 0 Å². The second-order valence-corrected chi connectivity index (χ2v) is 14.5. The molecule has 0 aromatic heterocycles. The first-order valence-corrected chi connectivity index (χ1v) is 15.5. The number of hydrogen-bond acceptors (Lipinski definition) is 8. The molecule has 0 aromatic carbocycles. The van der Waals surface area contributed by atoms with E-state index in [9.17, 15) is 33.4 Å². The average molecular weight is 545 g/mol. The van der Waals surface area contributed by atoms with Gasteiger partial charge in [0.1, 0.15) is 0 Å². The minimum Gasteiger partial charge on any atom is -0.393 e.